The third-order valence-electron chi connectivity index (χ3n) is 2.95. The van der Waals surface area contributed by atoms with Crippen LogP contribution >= 0.6 is 0 Å². The summed E-state index contributed by atoms with van der Waals surface area (Å²) in [5, 5.41) is 10.2. The standard InChI is InChI=1S/C17H19FO2/c1-12(2)20-16-8-6-14(7-9-16)17(19)11-13-4-3-5-15(18)10-13/h3-10,12,17,19H,11H2,1-2H3. The second-order valence-electron chi connectivity index (χ2n) is 5.09. The number of rotatable bonds is 5. The van der Waals surface area contributed by atoms with Gasteiger partial charge in [0.1, 0.15) is 11.6 Å². The van der Waals surface area contributed by atoms with Gasteiger partial charge in [-0.3, -0.25) is 0 Å². The van der Waals surface area contributed by atoms with E-state index in [0.717, 1.165) is 16.9 Å². The Morgan fingerprint density at radius 2 is 1.80 bits per heavy atom. The van der Waals surface area contributed by atoms with Gasteiger partial charge in [0.05, 0.1) is 12.2 Å². The third kappa shape index (κ3) is 4.07. The predicted octanol–water partition coefficient (Wildman–Crippen LogP) is 3.89. The fourth-order valence-corrected chi connectivity index (χ4v) is 2.05. The molecule has 1 atom stereocenters. The second kappa shape index (κ2) is 6.53. The average molecular weight is 274 g/mol. The van der Waals surface area contributed by atoms with E-state index in [2.05, 4.69) is 0 Å². The molecule has 0 spiro atoms. The van der Waals surface area contributed by atoms with Crippen molar-refractivity contribution in [2.24, 2.45) is 0 Å². The number of hydrogen-bond acceptors (Lipinski definition) is 2. The molecule has 0 heterocycles. The zero-order valence-electron chi connectivity index (χ0n) is 11.7. The van der Waals surface area contributed by atoms with Gasteiger partial charge >= 0.3 is 0 Å². The van der Waals surface area contributed by atoms with Crippen molar-refractivity contribution in [2.45, 2.75) is 32.5 Å². The van der Waals surface area contributed by atoms with Gasteiger partial charge in [-0.15, -0.1) is 0 Å². The van der Waals surface area contributed by atoms with Gasteiger partial charge in [-0.25, -0.2) is 4.39 Å². The topological polar surface area (TPSA) is 29.5 Å². The van der Waals surface area contributed by atoms with Crippen molar-refractivity contribution in [1.82, 2.24) is 0 Å². The van der Waals surface area contributed by atoms with E-state index in [1.54, 1.807) is 6.07 Å². The molecule has 0 amide bonds. The van der Waals surface area contributed by atoms with Gasteiger partial charge in [-0.2, -0.15) is 0 Å². The van der Waals surface area contributed by atoms with Crippen molar-refractivity contribution in [2.75, 3.05) is 0 Å². The Morgan fingerprint density at radius 1 is 1.10 bits per heavy atom. The van der Waals surface area contributed by atoms with Gasteiger partial charge in [0.15, 0.2) is 0 Å². The molecule has 106 valence electrons. The Bertz CT molecular complexity index is 549. The van der Waals surface area contributed by atoms with E-state index >= 15 is 0 Å². The molecule has 0 aliphatic rings. The zero-order chi connectivity index (χ0) is 14.5. The van der Waals surface area contributed by atoms with Crippen LogP contribution in [0, 0.1) is 5.82 Å². The maximum absolute atomic E-state index is 13.1. The summed E-state index contributed by atoms with van der Waals surface area (Å²) in [6.45, 7) is 3.93. The highest BCUT2D eigenvalue weighted by atomic mass is 19.1. The molecule has 0 radical (unpaired) electrons. The molecule has 1 unspecified atom stereocenters. The predicted molar refractivity (Wildman–Crippen MR) is 77.3 cm³/mol. The molecule has 2 rings (SSSR count). The van der Waals surface area contributed by atoms with Crippen LogP contribution in [0.2, 0.25) is 0 Å². The SMILES string of the molecule is CC(C)Oc1ccc(C(O)Cc2cccc(F)c2)cc1. The second-order valence-corrected chi connectivity index (χ2v) is 5.09. The molecular weight excluding hydrogens is 255 g/mol. The molecule has 3 heteroatoms. The third-order valence-corrected chi connectivity index (χ3v) is 2.95. The lowest BCUT2D eigenvalue weighted by Gasteiger charge is -2.13. The van der Waals surface area contributed by atoms with Crippen LogP contribution in [0.15, 0.2) is 48.5 Å². The molecule has 2 nitrogen and oxygen atoms in total. The van der Waals surface area contributed by atoms with E-state index in [-0.39, 0.29) is 11.9 Å². The monoisotopic (exact) mass is 274 g/mol. The number of halogens is 1. The highest BCUT2D eigenvalue weighted by Crippen LogP contribution is 2.22. The van der Waals surface area contributed by atoms with Gasteiger partial charge in [-0.05, 0) is 49.2 Å². The molecule has 2 aromatic rings. The molecule has 0 bridgehead atoms. The van der Waals surface area contributed by atoms with Crippen LogP contribution in [-0.4, -0.2) is 11.2 Å². The van der Waals surface area contributed by atoms with Crippen molar-refractivity contribution >= 4 is 0 Å². The first-order chi connectivity index (χ1) is 9.54. The van der Waals surface area contributed by atoms with Gasteiger partial charge < -0.3 is 9.84 Å². The van der Waals surface area contributed by atoms with E-state index in [4.69, 9.17) is 4.74 Å². The summed E-state index contributed by atoms with van der Waals surface area (Å²) in [4.78, 5) is 0. The van der Waals surface area contributed by atoms with Crippen LogP contribution in [0.25, 0.3) is 0 Å². The van der Waals surface area contributed by atoms with Crippen LogP contribution in [0.3, 0.4) is 0 Å². The number of aliphatic hydroxyl groups is 1. The molecule has 2 aromatic carbocycles. The van der Waals surface area contributed by atoms with E-state index in [1.165, 1.54) is 12.1 Å². The van der Waals surface area contributed by atoms with Crippen molar-refractivity contribution < 1.29 is 14.2 Å². The van der Waals surface area contributed by atoms with Crippen molar-refractivity contribution in [3.63, 3.8) is 0 Å². The van der Waals surface area contributed by atoms with Gasteiger partial charge in [0, 0.05) is 6.42 Å². The van der Waals surface area contributed by atoms with Crippen molar-refractivity contribution in [1.29, 1.82) is 0 Å². The first-order valence-electron chi connectivity index (χ1n) is 6.73. The molecule has 1 N–H and O–H groups in total. The Morgan fingerprint density at radius 3 is 2.40 bits per heavy atom. The van der Waals surface area contributed by atoms with Crippen molar-refractivity contribution in [3.05, 3.63) is 65.5 Å². The van der Waals surface area contributed by atoms with Gasteiger partial charge in [-0.1, -0.05) is 24.3 Å². The Hall–Kier alpha value is -1.87. The quantitative estimate of drug-likeness (QED) is 0.896. The minimum atomic E-state index is -0.648. The molecule has 0 fully saturated rings. The summed E-state index contributed by atoms with van der Waals surface area (Å²) in [7, 11) is 0. The Balaban J connectivity index is 2.03. The van der Waals surface area contributed by atoms with Crippen LogP contribution in [-0.2, 0) is 6.42 Å². The summed E-state index contributed by atoms with van der Waals surface area (Å²) in [5.74, 6) is 0.497. The van der Waals surface area contributed by atoms with E-state index in [0.29, 0.717) is 6.42 Å². The van der Waals surface area contributed by atoms with E-state index in [9.17, 15) is 9.50 Å². The van der Waals surface area contributed by atoms with Crippen LogP contribution in [0.4, 0.5) is 4.39 Å². The highest BCUT2D eigenvalue weighted by Gasteiger charge is 2.09. The lowest BCUT2D eigenvalue weighted by Crippen LogP contribution is -2.06. The lowest BCUT2D eigenvalue weighted by atomic mass is 10.0. The summed E-state index contributed by atoms with van der Waals surface area (Å²) in [6.07, 6.45) is -0.134. The van der Waals surface area contributed by atoms with E-state index in [1.807, 2.05) is 44.2 Å². The maximum Gasteiger partial charge on any atom is 0.123 e. The summed E-state index contributed by atoms with van der Waals surface area (Å²) >= 11 is 0. The summed E-state index contributed by atoms with van der Waals surface area (Å²) in [5.41, 5.74) is 1.57. The maximum atomic E-state index is 13.1. The lowest BCUT2D eigenvalue weighted by molar-refractivity contribution is 0.178. The number of benzene rings is 2. The summed E-state index contributed by atoms with van der Waals surface area (Å²) in [6, 6.07) is 13.6. The smallest absolute Gasteiger partial charge is 0.123 e. The number of ether oxygens (including phenoxy) is 1. The number of aliphatic hydroxyl groups excluding tert-OH is 1. The minimum Gasteiger partial charge on any atom is -0.491 e. The summed E-state index contributed by atoms with van der Waals surface area (Å²) < 4.78 is 18.6. The zero-order valence-corrected chi connectivity index (χ0v) is 11.7. The molecule has 0 aromatic heterocycles. The molecular formula is C17H19FO2. The average Bonchev–Trinajstić information content (AvgIpc) is 2.38. The van der Waals surface area contributed by atoms with Crippen LogP contribution < -0.4 is 4.74 Å². The van der Waals surface area contributed by atoms with Gasteiger partial charge in [0.25, 0.3) is 0 Å². The number of hydrogen-bond donors (Lipinski definition) is 1. The highest BCUT2D eigenvalue weighted by molar-refractivity contribution is 5.30. The Labute approximate surface area is 118 Å². The minimum absolute atomic E-state index is 0.123. The normalized spacial score (nSPS) is 12.4. The first-order valence-corrected chi connectivity index (χ1v) is 6.73. The fraction of sp³-hybridized carbons (Fsp3) is 0.294. The molecule has 0 saturated heterocycles. The van der Waals surface area contributed by atoms with E-state index < -0.39 is 6.10 Å². The van der Waals surface area contributed by atoms with Gasteiger partial charge in [0.2, 0.25) is 0 Å². The Kier molecular flexibility index (Phi) is 4.74. The molecule has 0 aliphatic heterocycles. The molecule has 20 heavy (non-hydrogen) atoms. The van der Waals surface area contributed by atoms with Crippen LogP contribution in [0.1, 0.15) is 31.1 Å². The first kappa shape index (κ1) is 14.5. The largest absolute Gasteiger partial charge is 0.491 e. The fourth-order valence-electron chi connectivity index (χ4n) is 2.05. The van der Waals surface area contributed by atoms with Crippen molar-refractivity contribution in [3.8, 4) is 5.75 Å². The molecule has 0 saturated carbocycles. The van der Waals surface area contributed by atoms with Crippen LogP contribution in [0.5, 0.6) is 5.75 Å². The molecule has 0 aliphatic carbocycles.